The van der Waals surface area contributed by atoms with E-state index in [1.54, 1.807) is 0 Å². The maximum Gasteiger partial charge on any atom is -0.0106 e. The Labute approximate surface area is 76.6 Å². The largest absolute Gasteiger partial charge is 0.223 e. The molecule has 1 aromatic carbocycles. The summed E-state index contributed by atoms with van der Waals surface area (Å²) < 4.78 is 0. The summed E-state index contributed by atoms with van der Waals surface area (Å²) in [5, 5.41) is 0. The molecule has 0 heterocycles. The molecular weight excluding hydrogens is 164 g/mol. The van der Waals surface area contributed by atoms with Crippen LogP contribution in [0.5, 0.6) is 0 Å². The van der Waals surface area contributed by atoms with Gasteiger partial charge in [-0.3, -0.25) is 0 Å². The van der Waals surface area contributed by atoms with Gasteiger partial charge in [0.1, 0.15) is 0 Å². The topological polar surface area (TPSA) is 0 Å². The lowest BCUT2D eigenvalue weighted by atomic mass is 10.2. The molecule has 0 spiro atoms. The van der Waals surface area contributed by atoms with Crippen molar-refractivity contribution < 1.29 is 0 Å². The van der Waals surface area contributed by atoms with Crippen LogP contribution in [0.1, 0.15) is 5.56 Å². The van der Waals surface area contributed by atoms with Crippen LogP contribution in [0.3, 0.4) is 0 Å². The van der Waals surface area contributed by atoms with Gasteiger partial charge in [-0.25, -0.2) is 10.0 Å². The summed E-state index contributed by atoms with van der Waals surface area (Å²) in [5.74, 6) is 0. The van der Waals surface area contributed by atoms with Crippen LogP contribution in [0.4, 0.5) is 0 Å². The Morgan fingerprint density at radius 2 is 1.58 bits per heavy atom. The van der Waals surface area contributed by atoms with Crippen LogP contribution in [0.15, 0.2) is 36.9 Å². The van der Waals surface area contributed by atoms with Crippen molar-refractivity contribution in [2.75, 3.05) is 18.8 Å². The third-order valence-corrected chi connectivity index (χ3v) is 3.55. The zero-order chi connectivity index (χ0) is 9.19. The molecule has 1 rings (SSSR count). The zero-order valence-corrected chi connectivity index (χ0v) is 8.82. The predicted octanol–water partition coefficient (Wildman–Crippen LogP) is 3.35. The van der Waals surface area contributed by atoms with Crippen molar-refractivity contribution in [3.63, 3.8) is 0 Å². The van der Waals surface area contributed by atoms with Crippen molar-refractivity contribution >= 4 is 14.9 Å². The highest BCUT2D eigenvalue weighted by atomic mass is 32.3. The van der Waals surface area contributed by atoms with Gasteiger partial charge in [-0.2, -0.15) is 0 Å². The number of benzene rings is 1. The van der Waals surface area contributed by atoms with E-state index in [0.717, 1.165) is 0 Å². The highest BCUT2D eigenvalue weighted by Gasteiger charge is 2.09. The monoisotopic (exact) mass is 180 g/mol. The Morgan fingerprint density at radius 3 is 2.00 bits per heavy atom. The van der Waals surface area contributed by atoms with Gasteiger partial charge in [0.2, 0.25) is 0 Å². The van der Waals surface area contributed by atoms with Crippen molar-refractivity contribution in [3.8, 4) is 0 Å². The van der Waals surface area contributed by atoms with Gasteiger partial charge in [0.05, 0.1) is 0 Å². The molecule has 0 aromatic heterocycles. The summed E-state index contributed by atoms with van der Waals surface area (Å²) in [7, 11) is -0.650. The molecule has 0 amide bonds. The molecule has 0 N–H and O–H groups in total. The van der Waals surface area contributed by atoms with Crippen molar-refractivity contribution in [2.24, 2.45) is 0 Å². The summed E-state index contributed by atoms with van der Waals surface area (Å²) >= 11 is 0. The normalized spacial score (nSPS) is 12.6. The second kappa shape index (κ2) is 3.36. The molecule has 0 unspecified atom stereocenters. The summed E-state index contributed by atoms with van der Waals surface area (Å²) in [6, 6.07) is 10.4. The first-order valence-electron chi connectivity index (χ1n) is 3.94. The van der Waals surface area contributed by atoms with E-state index in [0.29, 0.717) is 0 Å². The highest BCUT2D eigenvalue weighted by molar-refractivity contribution is 8.39. The van der Waals surface area contributed by atoms with E-state index in [4.69, 9.17) is 0 Å². The third kappa shape index (κ3) is 2.15. The Hall–Kier alpha value is -0.690. The van der Waals surface area contributed by atoms with Gasteiger partial charge in [0.25, 0.3) is 0 Å². The maximum atomic E-state index is 4.13. The van der Waals surface area contributed by atoms with Crippen molar-refractivity contribution in [1.82, 2.24) is 0 Å². The fourth-order valence-electron chi connectivity index (χ4n) is 0.978. The first-order valence-corrected chi connectivity index (χ1v) is 6.80. The van der Waals surface area contributed by atoms with E-state index >= 15 is 0 Å². The van der Waals surface area contributed by atoms with Crippen LogP contribution in [0.2, 0.25) is 0 Å². The van der Waals surface area contributed by atoms with Crippen LogP contribution in [-0.2, 0) is 0 Å². The second-order valence-electron chi connectivity index (χ2n) is 3.63. The molecule has 0 nitrogen and oxygen atoms in total. The lowest BCUT2D eigenvalue weighted by Gasteiger charge is -2.28. The quantitative estimate of drug-likeness (QED) is 0.654. The maximum absolute atomic E-state index is 4.13. The van der Waals surface area contributed by atoms with Gasteiger partial charge in [0.15, 0.2) is 0 Å². The Balaban J connectivity index is 2.94. The summed E-state index contributed by atoms with van der Waals surface area (Å²) in [6.07, 6.45) is 6.80. The molecule has 12 heavy (non-hydrogen) atoms. The van der Waals surface area contributed by atoms with E-state index in [2.05, 4.69) is 49.6 Å². The molecule has 1 aromatic rings. The van der Waals surface area contributed by atoms with Gasteiger partial charge >= 0.3 is 0 Å². The molecule has 66 valence electrons. The van der Waals surface area contributed by atoms with Crippen LogP contribution in [0, 0.1) is 0 Å². The van der Waals surface area contributed by atoms with E-state index in [9.17, 15) is 0 Å². The van der Waals surface area contributed by atoms with Crippen molar-refractivity contribution in [1.29, 1.82) is 0 Å². The van der Waals surface area contributed by atoms with Crippen LogP contribution >= 0.6 is 10.0 Å². The van der Waals surface area contributed by atoms with E-state index < -0.39 is 10.0 Å². The smallest absolute Gasteiger partial charge is 0.0106 e. The van der Waals surface area contributed by atoms with Crippen LogP contribution in [-0.4, -0.2) is 18.8 Å². The molecule has 0 aliphatic heterocycles. The summed E-state index contributed by atoms with van der Waals surface area (Å²) in [6.45, 7) is 4.13. The average molecular weight is 180 g/mol. The van der Waals surface area contributed by atoms with Crippen LogP contribution in [0.25, 0.3) is 4.91 Å². The average Bonchev–Trinajstić information content (AvgIpc) is 2.03. The van der Waals surface area contributed by atoms with Gasteiger partial charge < -0.3 is 0 Å². The first kappa shape index (κ1) is 9.40. The van der Waals surface area contributed by atoms with Crippen LogP contribution < -0.4 is 0 Å². The minimum atomic E-state index is -0.650. The van der Waals surface area contributed by atoms with Gasteiger partial charge in [-0.15, -0.1) is 0 Å². The van der Waals surface area contributed by atoms with Crippen molar-refractivity contribution in [2.45, 2.75) is 0 Å². The lowest BCUT2D eigenvalue weighted by Crippen LogP contribution is -1.94. The Bertz CT molecular complexity index is 267. The highest BCUT2D eigenvalue weighted by Crippen LogP contribution is 2.48. The minimum absolute atomic E-state index is 0.650. The van der Waals surface area contributed by atoms with Gasteiger partial charge in [0, 0.05) is 0 Å². The molecule has 0 radical (unpaired) electrons. The van der Waals surface area contributed by atoms with E-state index in [1.165, 1.54) is 10.5 Å². The number of hydrogen-bond acceptors (Lipinski definition) is 0. The molecule has 0 saturated heterocycles. The lowest BCUT2D eigenvalue weighted by molar-refractivity contribution is 1.65. The second-order valence-corrected chi connectivity index (χ2v) is 7.79. The Kier molecular flexibility index (Phi) is 2.63. The zero-order valence-electron chi connectivity index (χ0n) is 8.00. The molecular formula is C11H16S. The van der Waals surface area contributed by atoms with Gasteiger partial charge in [-0.05, 0) is 29.2 Å². The SMILES string of the molecule is C=C(c1ccccc1)S(C)(C)C. The molecule has 1 heteroatoms. The molecule has 0 fully saturated rings. The fraction of sp³-hybridized carbons (Fsp3) is 0.273. The standard InChI is InChI=1S/C11H16S/c1-10(12(2,3)4)11-8-6-5-7-9-11/h5-9H,1H2,2-4H3. The summed E-state index contributed by atoms with van der Waals surface area (Å²) in [5.41, 5.74) is 1.28. The molecule has 0 saturated carbocycles. The minimum Gasteiger partial charge on any atom is -0.223 e. The fourth-order valence-corrected chi connectivity index (χ4v) is 1.82. The predicted molar refractivity (Wildman–Crippen MR) is 60.8 cm³/mol. The molecule has 0 atom stereocenters. The van der Waals surface area contributed by atoms with Gasteiger partial charge in [-0.1, -0.05) is 36.9 Å². The molecule has 0 bridgehead atoms. The summed E-state index contributed by atoms with van der Waals surface area (Å²) in [4.78, 5) is 1.28. The molecule has 0 aliphatic rings. The van der Waals surface area contributed by atoms with E-state index in [-0.39, 0.29) is 0 Å². The first-order chi connectivity index (χ1) is 5.52. The van der Waals surface area contributed by atoms with Crippen molar-refractivity contribution in [3.05, 3.63) is 42.5 Å². The Morgan fingerprint density at radius 1 is 1.08 bits per heavy atom. The number of rotatable bonds is 2. The van der Waals surface area contributed by atoms with E-state index in [1.807, 2.05) is 6.07 Å². The molecule has 0 aliphatic carbocycles. The number of hydrogen-bond donors (Lipinski definition) is 0. The third-order valence-electron chi connectivity index (χ3n) is 1.83.